The molecular weight excluding hydrogens is 509 g/mol. The van der Waals surface area contributed by atoms with Crippen molar-refractivity contribution in [2.24, 2.45) is 17.6 Å². The minimum absolute atomic E-state index is 0. The third kappa shape index (κ3) is 3.24. The zero-order chi connectivity index (χ0) is 23.7. The third-order valence-electron chi connectivity index (χ3n) is 6.62. The molecule has 0 saturated heterocycles. The van der Waals surface area contributed by atoms with Crippen LogP contribution in [0.25, 0.3) is 4.98 Å². The normalized spacial score (nSPS) is 31.2. The summed E-state index contributed by atoms with van der Waals surface area (Å²) in [7, 11) is 3.06. The Morgan fingerprint density at radius 3 is 2.45 bits per heavy atom. The maximum atomic E-state index is 13.0. The van der Waals surface area contributed by atoms with Crippen LogP contribution >= 0.6 is 0 Å². The first-order valence-electron chi connectivity index (χ1n) is 9.73. The number of amides is 1. The number of nitrogens with zero attached hydrogens (tertiary/aromatic N) is 3. The molecule has 0 aromatic carbocycles. The largest absolute Gasteiger partial charge is 0.520 e. The van der Waals surface area contributed by atoms with Gasteiger partial charge in [0.2, 0.25) is 5.39 Å². The van der Waals surface area contributed by atoms with Crippen molar-refractivity contribution in [2.75, 3.05) is 14.1 Å². The van der Waals surface area contributed by atoms with Gasteiger partial charge in [0.15, 0.2) is 11.4 Å². The van der Waals surface area contributed by atoms with Gasteiger partial charge in [-0.3, -0.25) is 14.5 Å². The van der Waals surface area contributed by atoms with E-state index >= 15 is 0 Å². The number of fused-ring (bicyclic) bond motifs is 3. The second kappa shape index (κ2) is 8.29. The van der Waals surface area contributed by atoms with Gasteiger partial charge in [0.05, 0.1) is 22.6 Å². The van der Waals surface area contributed by atoms with E-state index < -0.39 is 63.8 Å². The number of diazo groups is 1. The number of carbonyl (C=O) groups is 3. The third-order valence-corrected chi connectivity index (χ3v) is 6.62. The molecule has 2 unspecified atom stereocenters. The van der Waals surface area contributed by atoms with Crippen LogP contribution in [0.5, 0.6) is 0 Å². The van der Waals surface area contributed by atoms with Crippen LogP contribution in [0.2, 0.25) is 0 Å². The fourth-order valence-corrected chi connectivity index (χ4v) is 5.26. The molecule has 0 aromatic rings. The van der Waals surface area contributed by atoms with E-state index in [1.807, 2.05) is 0 Å². The molecule has 0 saturated carbocycles. The summed E-state index contributed by atoms with van der Waals surface area (Å²) in [4.78, 5) is 41.8. The number of Topliss-reactive ketones (excluding diaryl/α,β-unsaturated/α-hetero) is 2. The molecule has 4 atom stereocenters. The summed E-state index contributed by atoms with van der Waals surface area (Å²) in [6, 6.07) is -1.13. The predicted octanol–water partition coefficient (Wildman–Crippen LogP) is 0.239. The van der Waals surface area contributed by atoms with Crippen molar-refractivity contribution >= 4 is 17.5 Å². The first-order chi connectivity index (χ1) is 15.0. The molecule has 12 heteroatoms. The van der Waals surface area contributed by atoms with Crippen molar-refractivity contribution in [3.05, 3.63) is 62.4 Å². The maximum Gasteiger partial charge on any atom is 0.283 e. The average molecular weight is 529 g/mol. The van der Waals surface area contributed by atoms with Crippen molar-refractivity contribution in [3.63, 3.8) is 0 Å². The van der Waals surface area contributed by atoms with Crippen molar-refractivity contribution in [3.8, 4) is 0 Å². The van der Waals surface area contributed by atoms with Crippen LogP contribution in [0, 0.1) is 23.3 Å². The van der Waals surface area contributed by atoms with Crippen LogP contribution in [0.4, 0.5) is 0 Å². The van der Waals surface area contributed by atoms with Gasteiger partial charge in [0, 0.05) is 44.2 Å². The Labute approximate surface area is 213 Å². The number of hydrogen-bond acceptors (Lipinski definition) is 9. The standard InChI is InChI=1S/C21H20N4O7.Y/c1-25(2)15-9-6-7-5-8-10(24-23)3-4-11(26)13(8)16(27)12(7)18(29)21(9,32)19(30)14(17(15)28)20(22)31;/h3,7,9,15,27,29-30,32H,5-6H2,1-2H3,(H2,22,31);/t7?,9?,15-,21-;/m0./s1. The summed E-state index contributed by atoms with van der Waals surface area (Å²) in [6.07, 6.45) is 3.50. The number of aliphatic hydroxyl groups excluding tert-OH is 3. The first kappa shape index (κ1) is 25.0. The minimum atomic E-state index is -2.60. The molecule has 1 amide bonds. The minimum Gasteiger partial charge on any atom is -0.520 e. The predicted molar refractivity (Wildman–Crippen MR) is 107 cm³/mol. The molecule has 0 bridgehead atoms. The van der Waals surface area contributed by atoms with Crippen molar-refractivity contribution in [1.29, 1.82) is 5.39 Å². The number of nitrogens with two attached hydrogens (primary N) is 1. The van der Waals surface area contributed by atoms with Crippen LogP contribution in [0.15, 0.2) is 51.3 Å². The van der Waals surface area contributed by atoms with E-state index in [4.69, 9.17) is 5.73 Å². The molecule has 4 aliphatic rings. The molecule has 6 N–H and O–H groups in total. The Morgan fingerprint density at radius 1 is 1.27 bits per heavy atom. The zero-order valence-electron chi connectivity index (χ0n) is 17.7. The van der Waals surface area contributed by atoms with Gasteiger partial charge in [-0.15, -0.1) is 6.08 Å². The Morgan fingerprint density at radius 2 is 1.91 bits per heavy atom. The van der Waals surface area contributed by atoms with Crippen molar-refractivity contribution in [1.82, 2.24) is 4.90 Å². The topological polar surface area (TPSA) is 190 Å². The van der Waals surface area contributed by atoms with E-state index in [0.29, 0.717) is 0 Å². The Kier molecular flexibility index (Phi) is 6.28. The summed E-state index contributed by atoms with van der Waals surface area (Å²) in [5.41, 5.74) is 1.59. The smallest absolute Gasteiger partial charge is 0.283 e. The van der Waals surface area contributed by atoms with Gasteiger partial charge >= 0.3 is 0 Å². The average Bonchev–Trinajstić information content (AvgIpc) is 2.70. The number of primary amides is 1. The zero-order valence-corrected chi connectivity index (χ0v) is 20.6. The molecule has 169 valence electrons. The molecule has 0 heterocycles. The Hall–Kier alpha value is -2.65. The number of ketones is 2. The monoisotopic (exact) mass is 529 g/mol. The van der Waals surface area contributed by atoms with Gasteiger partial charge in [-0.2, -0.15) is 0 Å². The number of allylic oxidation sites excluding steroid dienone is 5. The molecule has 33 heavy (non-hydrogen) atoms. The Bertz CT molecular complexity index is 1200. The van der Waals surface area contributed by atoms with E-state index in [0.717, 1.165) is 0 Å². The molecule has 4 aliphatic carbocycles. The number of rotatable bonds is 2. The number of hydrogen-bond donors (Lipinski definition) is 5. The van der Waals surface area contributed by atoms with Crippen molar-refractivity contribution in [2.45, 2.75) is 24.5 Å². The molecule has 0 aromatic heterocycles. The molecule has 0 fully saturated rings. The summed E-state index contributed by atoms with van der Waals surface area (Å²) in [5.74, 6) is -7.28. The van der Waals surface area contributed by atoms with Crippen LogP contribution in [-0.2, 0) is 47.1 Å². The molecule has 1 radical (unpaired) electrons. The molecule has 0 aliphatic heterocycles. The Balaban J connectivity index is 0.00000306. The molecular formula is C21H20N4O7Y. The van der Waals surface area contributed by atoms with E-state index in [2.05, 4.69) is 11.1 Å². The fourth-order valence-electron chi connectivity index (χ4n) is 5.26. The summed E-state index contributed by atoms with van der Waals surface area (Å²) < 4.78 is 0. The quantitative estimate of drug-likeness (QED) is 0.190. The van der Waals surface area contributed by atoms with Gasteiger partial charge in [0.25, 0.3) is 11.6 Å². The van der Waals surface area contributed by atoms with Gasteiger partial charge in [-0.25, -0.2) is 0 Å². The molecule has 4 rings (SSSR count). The van der Waals surface area contributed by atoms with E-state index in [1.165, 1.54) is 25.1 Å². The van der Waals surface area contributed by atoms with Crippen LogP contribution in [0.3, 0.4) is 0 Å². The van der Waals surface area contributed by atoms with Gasteiger partial charge in [-0.1, -0.05) is 6.08 Å². The van der Waals surface area contributed by atoms with Crippen LogP contribution < -0.4 is 5.73 Å². The van der Waals surface area contributed by atoms with E-state index in [-0.39, 0.29) is 68.0 Å². The summed E-state index contributed by atoms with van der Waals surface area (Å²) in [5, 5.41) is 53.5. The number of likely N-dealkylation sites (N-methyl/N-ethyl adjacent to an activating group) is 1. The number of carbonyl (C=O) groups excluding carboxylic acids is 3. The van der Waals surface area contributed by atoms with Gasteiger partial charge in [-0.05, 0) is 44.0 Å². The van der Waals surface area contributed by atoms with E-state index in [1.54, 1.807) is 0 Å². The summed E-state index contributed by atoms with van der Waals surface area (Å²) in [6.45, 7) is 0. The van der Waals surface area contributed by atoms with Gasteiger partial charge < -0.3 is 31.0 Å². The van der Waals surface area contributed by atoms with Gasteiger partial charge in [0.1, 0.15) is 17.1 Å². The maximum absolute atomic E-state index is 13.0. The summed E-state index contributed by atoms with van der Waals surface area (Å²) >= 11 is 0. The molecule has 0 spiro atoms. The van der Waals surface area contributed by atoms with Crippen LogP contribution in [0.1, 0.15) is 12.8 Å². The first-order valence-corrected chi connectivity index (χ1v) is 9.73. The second-order valence-electron chi connectivity index (χ2n) is 8.44. The fraction of sp³-hybridized carbons (Fsp3) is 0.381. The van der Waals surface area contributed by atoms with E-state index in [9.17, 15) is 40.2 Å². The SMILES string of the molecule is CN(C)[C@@H]1C(=O)C(C(N)=O)=C(O)[C@@]2(O)C(O)=C3C(O)=C4C(=O)[C-]=CC([N+]#N)=C4CC3CC12.[Y]. The second-order valence-corrected chi connectivity index (χ2v) is 8.44. The van der Waals surface area contributed by atoms with Crippen molar-refractivity contribution < 1.29 is 67.5 Å². The number of aliphatic hydroxyl groups is 4. The molecule has 11 nitrogen and oxygen atoms in total. The van der Waals surface area contributed by atoms with Crippen LogP contribution in [-0.4, -0.2) is 68.5 Å².